The summed E-state index contributed by atoms with van der Waals surface area (Å²) in [4.78, 5) is 0. The third-order valence-corrected chi connectivity index (χ3v) is 23.6. The summed E-state index contributed by atoms with van der Waals surface area (Å²) in [7, 11) is -4.44. The Kier molecular flexibility index (Phi) is 16.1. The van der Waals surface area contributed by atoms with Crippen molar-refractivity contribution in [3.05, 3.63) is 0 Å². The molecule has 20 heteroatoms. The monoisotopic (exact) mass is 1160 g/mol. The van der Waals surface area contributed by atoms with Crippen molar-refractivity contribution in [1.29, 1.82) is 0 Å². The highest BCUT2D eigenvalue weighted by Crippen LogP contribution is 2.65. The molecule has 444 valence electrons. The van der Waals surface area contributed by atoms with E-state index >= 15 is 0 Å². The maximum Gasteiger partial charge on any atom is 0.438 e. The van der Waals surface area contributed by atoms with Gasteiger partial charge < -0.3 is 29.3 Å². The van der Waals surface area contributed by atoms with Crippen LogP contribution in [0.15, 0.2) is 0 Å². The van der Waals surface area contributed by atoms with Crippen molar-refractivity contribution < 1.29 is 98.4 Å². The van der Waals surface area contributed by atoms with E-state index in [9.17, 15) is 73.1 Å². The summed E-state index contributed by atoms with van der Waals surface area (Å²) < 4.78 is 267. The SMILES string of the molecule is [2H]C([2H])([2H])C(CCC[C@](C)(CC#CC(O)(C(F)(F)F)C(F)(F)F)[C@H]1CCC2[C@@H](O[Si](C)(C)C(C)(C)C)CCC[C@@]21C)(O[SiH](C)C)C([2H])([2H])[2H].[2H]C([2H])([2H])C(O)(CCC[C@](C)(CC#CC(O)(C(F)(F)F)C(F)(F)F)[C@H]1CCC2[C@@H](O)CCC[C@@]21C)C([2H])([2H])[2H]. The van der Waals surface area contributed by atoms with Gasteiger partial charge in [-0.1, -0.05) is 86.0 Å². The molecule has 4 fully saturated rings. The summed E-state index contributed by atoms with van der Waals surface area (Å²) in [5.74, 6) is 5.31. The lowest BCUT2D eigenvalue weighted by Gasteiger charge is -2.52. The molecule has 4 aliphatic carbocycles. The Labute approximate surface area is 466 Å². The van der Waals surface area contributed by atoms with Crippen molar-refractivity contribution in [1.82, 2.24) is 0 Å². The lowest BCUT2D eigenvalue weighted by Crippen LogP contribution is -2.55. The zero-order valence-corrected chi connectivity index (χ0v) is 48.1. The number of alkyl halides is 12. The molecule has 0 radical (unpaired) electrons. The number of halogens is 12. The second-order valence-corrected chi connectivity index (χ2v) is 32.6. The Morgan fingerprint density at radius 3 is 1.39 bits per heavy atom. The van der Waals surface area contributed by atoms with Crippen LogP contribution in [0.3, 0.4) is 0 Å². The van der Waals surface area contributed by atoms with E-state index in [-0.39, 0.29) is 60.5 Å². The molecule has 4 N–H and O–H groups in total. The minimum atomic E-state index is -6.12. The molecule has 4 aliphatic rings. The molecule has 2 unspecified atom stereocenters. The van der Waals surface area contributed by atoms with Crippen molar-refractivity contribution in [2.45, 2.75) is 282 Å². The zero-order chi connectivity index (χ0) is 69.0. The van der Waals surface area contributed by atoms with Crippen LogP contribution < -0.4 is 0 Å². The smallest absolute Gasteiger partial charge is 0.416 e. The molecule has 0 aliphatic heterocycles. The quantitative estimate of drug-likeness (QED) is 0.0698. The van der Waals surface area contributed by atoms with Crippen LogP contribution >= 0.6 is 0 Å². The molecular formula is C56H92F12O6Si2. The lowest BCUT2D eigenvalue weighted by molar-refractivity contribution is -0.344. The Balaban J connectivity index is 0.000000472. The van der Waals surface area contributed by atoms with Crippen LogP contribution in [0.5, 0.6) is 0 Å². The molecule has 76 heavy (non-hydrogen) atoms. The van der Waals surface area contributed by atoms with Gasteiger partial charge in [0.1, 0.15) is 0 Å². The average molecular weight is 1160 g/mol. The highest BCUT2D eigenvalue weighted by atomic mass is 28.4. The third-order valence-electron chi connectivity index (χ3n) is 18.3. The van der Waals surface area contributed by atoms with Crippen LogP contribution in [-0.4, -0.2) is 97.1 Å². The molecule has 0 aromatic carbocycles. The van der Waals surface area contributed by atoms with E-state index in [2.05, 4.69) is 46.7 Å². The van der Waals surface area contributed by atoms with Crippen LogP contribution in [0.4, 0.5) is 52.7 Å². The Hall–Kier alpha value is -1.53. The minimum absolute atomic E-state index is 0.0416. The number of aliphatic hydroxyl groups is 4. The van der Waals surface area contributed by atoms with Crippen LogP contribution in [-0.2, 0) is 8.85 Å². The second-order valence-electron chi connectivity index (χ2n) is 25.5. The number of aliphatic hydroxyl groups excluding tert-OH is 1. The van der Waals surface area contributed by atoms with Gasteiger partial charge >= 0.3 is 35.9 Å². The van der Waals surface area contributed by atoms with Crippen molar-refractivity contribution in [2.24, 2.45) is 45.3 Å². The summed E-state index contributed by atoms with van der Waals surface area (Å²) in [5.41, 5.74) is -19.3. The van der Waals surface area contributed by atoms with Gasteiger partial charge in [-0.25, -0.2) is 0 Å². The van der Waals surface area contributed by atoms with Crippen molar-refractivity contribution in [3.63, 3.8) is 0 Å². The van der Waals surface area contributed by atoms with Crippen LogP contribution in [0.1, 0.15) is 208 Å². The Morgan fingerprint density at radius 2 is 1.00 bits per heavy atom. The minimum Gasteiger partial charge on any atom is -0.416 e. The van der Waals surface area contributed by atoms with E-state index in [1.165, 1.54) is 0 Å². The maximum atomic E-state index is 13.5. The normalized spacial score (nSPS) is 31.9. The largest absolute Gasteiger partial charge is 0.438 e. The van der Waals surface area contributed by atoms with E-state index in [1.807, 2.05) is 12.8 Å². The topological polar surface area (TPSA) is 99.4 Å². The molecular weight excluding hydrogens is 1050 g/mol. The molecule has 4 saturated carbocycles. The van der Waals surface area contributed by atoms with Crippen LogP contribution in [0.25, 0.3) is 0 Å². The van der Waals surface area contributed by atoms with E-state index < -0.39 is 145 Å². The Morgan fingerprint density at radius 1 is 0.592 bits per heavy atom. The number of hydrogen-bond acceptors (Lipinski definition) is 6. The molecule has 0 heterocycles. The van der Waals surface area contributed by atoms with Crippen molar-refractivity contribution in [2.75, 3.05) is 0 Å². The van der Waals surface area contributed by atoms with Gasteiger partial charge in [0.25, 0.3) is 0 Å². The lowest BCUT2D eigenvalue weighted by atomic mass is 9.56. The summed E-state index contributed by atoms with van der Waals surface area (Å²) in [6.45, 7) is 8.68. The van der Waals surface area contributed by atoms with Gasteiger partial charge in [0, 0.05) is 35.4 Å². The molecule has 0 aromatic heterocycles. The highest BCUT2D eigenvalue weighted by Gasteiger charge is 2.71. The fourth-order valence-corrected chi connectivity index (χ4v) is 15.6. The standard InChI is InChI=1S/C32H56F6O3Si2.C24H36F6O3/c1-26(2,3)43(10,11)40-24-15-12-21-29(7)23(24)16-17-25(29)28(6,19-13-18-27(4,5)41-42(8)9)20-14-22-30(39,31(33,34)35)32(36,37)38;1-19(2,32)11-6-12-20(3,13-7-15-22(33,23(25,26)27)24(28,29)30)18-10-9-16-17(31)8-5-14-21(16,18)4/h23-25,39,42H,12-13,15-21H2,1-11H3;16-18,31-33H,5-6,8-14H2,1-4H3/t23?,24-,25+,28+,29-;16?,17-,18+,20+,21-/m00/s1/i4D3,5D3;1D3,2D3. The van der Waals surface area contributed by atoms with Crippen LogP contribution in [0, 0.1) is 69.0 Å². The van der Waals surface area contributed by atoms with Gasteiger partial charge in [0.05, 0.1) is 17.3 Å². The van der Waals surface area contributed by atoms with E-state index in [1.54, 1.807) is 26.9 Å². The van der Waals surface area contributed by atoms with Gasteiger partial charge in [0.15, 0.2) is 17.4 Å². The summed E-state index contributed by atoms with van der Waals surface area (Å²) in [6, 6.07) is 0. The summed E-state index contributed by atoms with van der Waals surface area (Å²) in [6.07, 6.45) is -21.1. The summed E-state index contributed by atoms with van der Waals surface area (Å²) in [5, 5.41) is 40.4. The van der Waals surface area contributed by atoms with Gasteiger partial charge in [-0.3, -0.25) is 0 Å². The van der Waals surface area contributed by atoms with Gasteiger partial charge in [-0.15, -0.1) is 0 Å². The molecule has 0 bridgehead atoms. The molecule has 0 amide bonds. The molecule has 6 nitrogen and oxygen atoms in total. The first kappa shape index (κ1) is 51.4. The first-order valence-corrected chi connectivity index (χ1v) is 32.1. The fraction of sp³-hybridized carbons (Fsp3) is 0.929. The predicted molar refractivity (Wildman–Crippen MR) is 278 cm³/mol. The number of hydrogen-bond donors (Lipinski definition) is 4. The number of rotatable bonds is 16. The van der Waals surface area contributed by atoms with E-state index in [0.29, 0.717) is 38.5 Å². The maximum absolute atomic E-state index is 13.5. The number of fused-ring (bicyclic) bond motifs is 2. The average Bonchev–Trinajstić information content (AvgIpc) is 3.93. The molecule has 0 saturated heterocycles. The molecule has 0 spiro atoms. The van der Waals surface area contributed by atoms with Crippen LogP contribution in [0.2, 0.25) is 31.2 Å². The van der Waals surface area contributed by atoms with Gasteiger partial charge in [0.2, 0.25) is 0 Å². The van der Waals surface area contributed by atoms with Gasteiger partial charge in [-0.2, -0.15) is 52.7 Å². The first-order chi connectivity index (χ1) is 38.9. The first-order valence-electron chi connectivity index (χ1n) is 32.4. The van der Waals surface area contributed by atoms with Crippen molar-refractivity contribution in [3.8, 4) is 23.7 Å². The predicted octanol–water partition coefficient (Wildman–Crippen LogP) is 15.6. The van der Waals surface area contributed by atoms with Crippen molar-refractivity contribution >= 4 is 17.4 Å². The molecule has 0 aromatic rings. The van der Waals surface area contributed by atoms with E-state index in [4.69, 9.17) is 25.3 Å². The summed E-state index contributed by atoms with van der Waals surface area (Å²) >= 11 is 0. The fourth-order valence-electron chi connectivity index (χ4n) is 13.3. The molecule has 10 atom stereocenters. The third kappa shape index (κ3) is 15.7. The molecule has 4 rings (SSSR count). The van der Waals surface area contributed by atoms with Gasteiger partial charge in [-0.05, 0) is 193 Å². The highest BCUT2D eigenvalue weighted by molar-refractivity contribution is 6.74. The van der Waals surface area contributed by atoms with E-state index in [0.717, 1.165) is 37.5 Å². The second kappa shape index (κ2) is 23.7. The zero-order valence-electron chi connectivity index (χ0n) is 57.9. The Bertz CT molecular complexity index is 2420.